The molecule has 3 heterocycles. The molecule has 1 N–H and O–H groups in total. The van der Waals surface area contributed by atoms with E-state index in [4.69, 9.17) is 4.74 Å². The van der Waals surface area contributed by atoms with Gasteiger partial charge in [-0.2, -0.15) is 9.78 Å². The molecule has 4 aromatic rings. The average Bonchev–Trinajstić information content (AvgIpc) is 3.04. The molecule has 0 fully saturated rings. The van der Waals surface area contributed by atoms with Gasteiger partial charge in [-0.15, -0.1) is 11.8 Å². The first-order valence-corrected chi connectivity index (χ1v) is 11.3. The van der Waals surface area contributed by atoms with Crippen molar-refractivity contribution in [2.45, 2.75) is 18.8 Å². The first-order chi connectivity index (χ1) is 15.7. The van der Waals surface area contributed by atoms with Crippen LogP contribution in [-0.4, -0.2) is 31.4 Å². The number of rotatable bonds is 5. The van der Waals surface area contributed by atoms with Gasteiger partial charge in [0.25, 0.3) is 5.95 Å². The molecule has 1 aliphatic rings. The molecule has 1 amide bonds. The monoisotopic (exact) mass is 443 g/mol. The fourth-order valence-electron chi connectivity index (χ4n) is 3.74. The molecule has 0 bridgehead atoms. The van der Waals surface area contributed by atoms with E-state index >= 15 is 0 Å². The Morgan fingerprint density at radius 3 is 2.62 bits per heavy atom. The van der Waals surface area contributed by atoms with Crippen molar-refractivity contribution in [1.29, 1.82) is 0 Å². The number of carbonyl (C=O) groups excluding carboxylic acids is 1. The van der Waals surface area contributed by atoms with Crippen molar-refractivity contribution in [3.8, 4) is 11.7 Å². The molecular formula is C24H21N5O2S. The van der Waals surface area contributed by atoms with Crippen LogP contribution in [0.25, 0.3) is 5.95 Å². The minimum Gasteiger partial charge on any atom is -0.489 e. The van der Waals surface area contributed by atoms with Crippen LogP contribution in [-0.2, 0) is 11.4 Å². The number of carbonyl (C=O) groups is 1. The van der Waals surface area contributed by atoms with Crippen LogP contribution in [0.3, 0.4) is 0 Å². The summed E-state index contributed by atoms with van der Waals surface area (Å²) < 4.78 is 7.83. The molecule has 2 aromatic heterocycles. The highest BCUT2D eigenvalue weighted by Gasteiger charge is 2.32. The predicted molar refractivity (Wildman–Crippen MR) is 124 cm³/mol. The summed E-state index contributed by atoms with van der Waals surface area (Å²) in [6.45, 7) is 2.41. The van der Waals surface area contributed by atoms with Crippen LogP contribution in [0.5, 0.6) is 5.75 Å². The summed E-state index contributed by atoms with van der Waals surface area (Å²) in [6, 6.07) is 19.8. The number of fused-ring (bicyclic) bond motifs is 1. The maximum Gasteiger partial charge on any atom is 0.252 e. The van der Waals surface area contributed by atoms with E-state index in [0.717, 1.165) is 28.1 Å². The number of amides is 1. The Morgan fingerprint density at radius 1 is 1.06 bits per heavy atom. The molecule has 5 rings (SSSR count). The summed E-state index contributed by atoms with van der Waals surface area (Å²) in [5.41, 5.74) is 3.84. The van der Waals surface area contributed by atoms with Crippen molar-refractivity contribution in [2.24, 2.45) is 0 Å². The summed E-state index contributed by atoms with van der Waals surface area (Å²) in [4.78, 5) is 21.2. The lowest BCUT2D eigenvalue weighted by atomic mass is 10.0. The number of aryl methyl sites for hydroxylation is 1. The van der Waals surface area contributed by atoms with Crippen molar-refractivity contribution >= 4 is 23.5 Å². The zero-order valence-corrected chi connectivity index (χ0v) is 18.2. The van der Waals surface area contributed by atoms with Crippen LogP contribution in [0.1, 0.15) is 27.6 Å². The molecule has 1 atom stereocenters. The van der Waals surface area contributed by atoms with Gasteiger partial charge in [0.2, 0.25) is 5.91 Å². The van der Waals surface area contributed by atoms with Crippen LogP contribution in [0.2, 0.25) is 0 Å². The van der Waals surface area contributed by atoms with E-state index in [1.807, 2.05) is 61.5 Å². The normalized spacial score (nSPS) is 15.5. The van der Waals surface area contributed by atoms with E-state index < -0.39 is 0 Å². The first-order valence-electron chi connectivity index (χ1n) is 10.2. The van der Waals surface area contributed by atoms with Gasteiger partial charge in [0.05, 0.1) is 16.7 Å². The Labute approximate surface area is 189 Å². The summed E-state index contributed by atoms with van der Waals surface area (Å²) >= 11 is 1.56. The molecular weight excluding hydrogens is 422 g/mol. The molecule has 7 nitrogen and oxygen atoms in total. The third kappa shape index (κ3) is 3.97. The van der Waals surface area contributed by atoms with Crippen LogP contribution in [0.4, 0.5) is 5.82 Å². The predicted octanol–water partition coefficient (Wildman–Crippen LogP) is 4.32. The quantitative estimate of drug-likeness (QED) is 0.495. The summed E-state index contributed by atoms with van der Waals surface area (Å²) in [6.07, 6.45) is 3.31. The average molecular weight is 444 g/mol. The lowest BCUT2D eigenvalue weighted by Crippen LogP contribution is -2.16. The number of ether oxygens (including phenoxy) is 1. The molecule has 0 radical (unpaired) electrons. The second-order valence-electron chi connectivity index (χ2n) is 7.36. The van der Waals surface area contributed by atoms with Gasteiger partial charge in [-0.3, -0.25) is 4.79 Å². The minimum absolute atomic E-state index is 0.0847. The molecule has 1 aliphatic heterocycles. The Bertz CT molecular complexity index is 1240. The first kappa shape index (κ1) is 20.3. The van der Waals surface area contributed by atoms with Gasteiger partial charge < -0.3 is 10.1 Å². The Balaban J connectivity index is 1.56. The summed E-state index contributed by atoms with van der Waals surface area (Å²) in [5.74, 6) is 2.04. The van der Waals surface area contributed by atoms with Gasteiger partial charge in [0.15, 0.2) is 0 Å². The lowest BCUT2D eigenvalue weighted by molar-refractivity contribution is -0.113. The molecule has 0 saturated carbocycles. The number of para-hydroxylation sites is 1. The Morgan fingerprint density at radius 2 is 1.81 bits per heavy atom. The Hall–Kier alpha value is -3.65. The zero-order chi connectivity index (χ0) is 21.9. The van der Waals surface area contributed by atoms with E-state index in [2.05, 4.69) is 20.4 Å². The molecule has 32 heavy (non-hydrogen) atoms. The molecule has 1 unspecified atom stereocenters. The second-order valence-corrected chi connectivity index (χ2v) is 8.45. The number of anilines is 1. The fourth-order valence-corrected chi connectivity index (χ4v) is 4.95. The topological polar surface area (TPSA) is 81.9 Å². The number of nitrogens with one attached hydrogen (secondary N) is 1. The van der Waals surface area contributed by atoms with Crippen molar-refractivity contribution < 1.29 is 9.53 Å². The van der Waals surface area contributed by atoms with Gasteiger partial charge in [0.1, 0.15) is 18.2 Å². The SMILES string of the molecule is Cc1nn(-c2ncccn2)c2c1C(c1ccccc1OCc1ccccc1)SCC(=O)N2. The number of nitrogens with zero attached hydrogens (tertiary/aromatic N) is 4. The standard InChI is InChI=1S/C24H21N5O2S/c1-16-21-22(18-10-5-6-11-19(18)31-14-17-8-3-2-4-9-17)32-15-20(30)27-23(21)29(28-16)24-25-12-7-13-26-24/h2-13,22H,14-15H2,1H3,(H,27,30). The van der Waals surface area contributed by atoms with Gasteiger partial charge in [-0.05, 0) is 24.6 Å². The molecule has 2 aromatic carbocycles. The summed E-state index contributed by atoms with van der Waals surface area (Å²) in [7, 11) is 0. The lowest BCUT2D eigenvalue weighted by Gasteiger charge is -2.19. The fraction of sp³-hybridized carbons (Fsp3) is 0.167. The second kappa shape index (κ2) is 8.84. The largest absolute Gasteiger partial charge is 0.489 e. The highest BCUT2D eigenvalue weighted by Crippen LogP contribution is 2.46. The highest BCUT2D eigenvalue weighted by molar-refractivity contribution is 8.00. The number of aromatic nitrogens is 4. The van der Waals surface area contributed by atoms with E-state index in [0.29, 0.717) is 24.1 Å². The maximum absolute atomic E-state index is 12.6. The number of hydrogen-bond acceptors (Lipinski definition) is 6. The van der Waals surface area contributed by atoms with E-state index in [-0.39, 0.29) is 11.2 Å². The van der Waals surface area contributed by atoms with Crippen molar-refractivity contribution in [3.63, 3.8) is 0 Å². The van der Waals surface area contributed by atoms with Gasteiger partial charge >= 0.3 is 0 Å². The zero-order valence-electron chi connectivity index (χ0n) is 17.4. The summed E-state index contributed by atoms with van der Waals surface area (Å²) in [5, 5.41) is 7.54. The van der Waals surface area contributed by atoms with Gasteiger partial charge in [-0.25, -0.2) is 9.97 Å². The van der Waals surface area contributed by atoms with Crippen LogP contribution in [0, 0.1) is 6.92 Å². The molecule has 0 saturated heterocycles. The van der Waals surface area contributed by atoms with Gasteiger partial charge in [0, 0.05) is 23.5 Å². The molecule has 0 aliphatic carbocycles. The van der Waals surface area contributed by atoms with Crippen LogP contribution >= 0.6 is 11.8 Å². The molecule has 0 spiro atoms. The van der Waals surface area contributed by atoms with E-state index in [1.165, 1.54) is 0 Å². The van der Waals surface area contributed by atoms with Gasteiger partial charge in [-0.1, -0.05) is 48.5 Å². The van der Waals surface area contributed by atoms with Crippen molar-refractivity contribution in [2.75, 3.05) is 11.1 Å². The van der Waals surface area contributed by atoms with E-state index in [1.54, 1.807) is 34.9 Å². The van der Waals surface area contributed by atoms with Crippen LogP contribution in [0.15, 0.2) is 73.1 Å². The Kier molecular flexibility index (Phi) is 5.60. The third-order valence-electron chi connectivity index (χ3n) is 5.19. The van der Waals surface area contributed by atoms with Crippen LogP contribution < -0.4 is 10.1 Å². The number of benzene rings is 2. The third-order valence-corrected chi connectivity index (χ3v) is 6.44. The maximum atomic E-state index is 12.6. The molecule has 160 valence electrons. The van der Waals surface area contributed by atoms with Crippen molar-refractivity contribution in [1.82, 2.24) is 19.7 Å². The number of thioether (sulfide) groups is 1. The smallest absolute Gasteiger partial charge is 0.252 e. The highest BCUT2D eigenvalue weighted by atomic mass is 32.2. The van der Waals surface area contributed by atoms with E-state index in [9.17, 15) is 4.79 Å². The number of hydrogen-bond donors (Lipinski definition) is 1. The minimum atomic E-state index is -0.131. The van der Waals surface area contributed by atoms with Crippen molar-refractivity contribution in [3.05, 3.63) is 95.4 Å². The molecule has 8 heteroatoms.